The number of nitrogens with one attached hydrogen (secondary N) is 3. The number of methoxy groups -OCH3 is 1. The Morgan fingerprint density at radius 1 is 1.08 bits per heavy atom. The zero-order chi connectivity index (χ0) is 18.6. The van der Waals surface area contributed by atoms with Crippen molar-refractivity contribution in [3.05, 3.63) is 29.8 Å². The summed E-state index contributed by atoms with van der Waals surface area (Å²) in [6.07, 6.45) is 6.54. The van der Waals surface area contributed by atoms with E-state index in [0.29, 0.717) is 25.4 Å². The Labute approximate surface area is 156 Å². The molecule has 0 radical (unpaired) electrons. The van der Waals surface area contributed by atoms with Gasteiger partial charge in [0.05, 0.1) is 7.11 Å². The molecule has 2 rings (SSSR count). The summed E-state index contributed by atoms with van der Waals surface area (Å²) in [4.78, 5) is 16.1. The lowest BCUT2D eigenvalue weighted by molar-refractivity contribution is -0.121. The topological polar surface area (TPSA) is 74.8 Å². The van der Waals surface area contributed by atoms with Crippen molar-refractivity contribution in [3.63, 3.8) is 0 Å². The highest BCUT2D eigenvalue weighted by atomic mass is 16.5. The van der Waals surface area contributed by atoms with Crippen LogP contribution in [0.3, 0.4) is 0 Å². The Hall–Kier alpha value is -2.24. The molecule has 1 aromatic rings. The van der Waals surface area contributed by atoms with Gasteiger partial charge in [0, 0.05) is 33.1 Å². The minimum absolute atomic E-state index is 0.168. The van der Waals surface area contributed by atoms with Crippen molar-refractivity contribution in [2.75, 3.05) is 33.8 Å². The van der Waals surface area contributed by atoms with Crippen molar-refractivity contribution < 1.29 is 9.53 Å². The fraction of sp³-hybridized carbons (Fsp3) is 0.600. The normalized spacial score (nSPS) is 14.9. The van der Waals surface area contributed by atoms with Gasteiger partial charge in [-0.15, -0.1) is 0 Å². The van der Waals surface area contributed by atoms with Crippen molar-refractivity contribution in [3.8, 4) is 5.75 Å². The smallest absolute Gasteiger partial charge is 0.220 e. The first kappa shape index (κ1) is 20.1. The fourth-order valence-corrected chi connectivity index (χ4v) is 3.27. The fourth-order valence-electron chi connectivity index (χ4n) is 3.27. The third-order valence-electron chi connectivity index (χ3n) is 4.78. The molecule has 1 aliphatic rings. The second-order valence-corrected chi connectivity index (χ2v) is 6.73. The maximum atomic E-state index is 11.9. The molecular weight excluding hydrogens is 328 g/mol. The van der Waals surface area contributed by atoms with Crippen LogP contribution in [0.4, 0.5) is 0 Å². The number of guanidine groups is 1. The van der Waals surface area contributed by atoms with Crippen molar-refractivity contribution in [1.29, 1.82) is 0 Å². The molecule has 0 spiro atoms. The van der Waals surface area contributed by atoms with Crippen LogP contribution in [-0.2, 0) is 11.2 Å². The van der Waals surface area contributed by atoms with Gasteiger partial charge in [-0.1, -0.05) is 25.0 Å². The first-order valence-electron chi connectivity index (χ1n) is 9.55. The van der Waals surface area contributed by atoms with Gasteiger partial charge < -0.3 is 20.7 Å². The summed E-state index contributed by atoms with van der Waals surface area (Å²) in [5.41, 5.74) is 1.24. The molecule has 0 atom stereocenters. The molecule has 0 unspecified atom stereocenters. The number of benzene rings is 1. The van der Waals surface area contributed by atoms with E-state index < -0.39 is 0 Å². The Kier molecular flexibility index (Phi) is 8.79. The first-order chi connectivity index (χ1) is 12.7. The van der Waals surface area contributed by atoms with Crippen LogP contribution in [0, 0.1) is 5.92 Å². The summed E-state index contributed by atoms with van der Waals surface area (Å²) in [5, 5.41) is 9.50. The number of nitrogens with zero attached hydrogens (tertiary/aromatic N) is 1. The van der Waals surface area contributed by atoms with Crippen molar-refractivity contribution in [2.24, 2.45) is 10.9 Å². The summed E-state index contributed by atoms with van der Waals surface area (Å²) in [6, 6.07) is 8.07. The number of ether oxygens (including phenoxy) is 1. The van der Waals surface area contributed by atoms with E-state index in [0.717, 1.165) is 24.7 Å². The summed E-state index contributed by atoms with van der Waals surface area (Å²) in [7, 11) is 3.42. The highest BCUT2D eigenvalue weighted by Crippen LogP contribution is 2.27. The number of rotatable bonds is 9. The Morgan fingerprint density at radius 3 is 2.38 bits per heavy atom. The van der Waals surface area contributed by atoms with Crippen LogP contribution in [0.2, 0.25) is 0 Å². The van der Waals surface area contributed by atoms with E-state index in [1.807, 2.05) is 12.1 Å². The predicted molar refractivity (Wildman–Crippen MR) is 106 cm³/mol. The number of aliphatic imine (C=N–C) groups is 1. The van der Waals surface area contributed by atoms with E-state index in [9.17, 15) is 4.79 Å². The van der Waals surface area contributed by atoms with Crippen molar-refractivity contribution >= 4 is 11.9 Å². The lowest BCUT2D eigenvalue weighted by Crippen LogP contribution is -2.42. The van der Waals surface area contributed by atoms with E-state index >= 15 is 0 Å². The molecule has 0 aromatic heterocycles. The van der Waals surface area contributed by atoms with E-state index in [1.165, 1.54) is 31.2 Å². The van der Waals surface area contributed by atoms with Gasteiger partial charge in [-0.05, 0) is 42.9 Å². The minimum Gasteiger partial charge on any atom is -0.497 e. The van der Waals surface area contributed by atoms with Crippen molar-refractivity contribution in [1.82, 2.24) is 16.0 Å². The lowest BCUT2D eigenvalue weighted by Gasteiger charge is -2.13. The summed E-state index contributed by atoms with van der Waals surface area (Å²) < 4.78 is 5.16. The molecule has 0 bridgehead atoms. The van der Waals surface area contributed by atoms with Gasteiger partial charge in [-0.2, -0.15) is 0 Å². The van der Waals surface area contributed by atoms with Crippen LogP contribution in [0.25, 0.3) is 0 Å². The average molecular weight is 361 g/mol. The largest absolute Gasteiger partial charge is 0.497 e. The highest BCUT2D eigenvalue weighted by Gasteiger charge is 2.17. The Morgan fingerprint density at radius 2 is 1.73 bits per heavy atom. The molecule has 1 saturated carbocycles. The third-order valence-corrected chi connectivity index (χ3v) is 4.78. The molecule has 1 amide bonds. The lowest BCUT2D eigenvalue weighted by atomic mass is 10.0. The Balaban J connectivity index is 1.56. The molecule has 1 aliphatic carbocycles. The highest BCUT2D eigenvalue weighted by molar-refractivity contribution is 5.80. The van der Waals surface area contributed by atoms with E-state index in [2.05, 4.69) is 33.1 Å². The first-order valence-corrected chi connectivity index (χ1v) is 9.55. The maximum Gasteiger partial charge on any atom is 0.220 e. The van der Waals surface area contributed by atoms with Gasteiger partial charge in [0.15, 0.2) is 5.96 Å². The molecule has 1 aromatic carbocycles. The average Bonchev–Trinajstić information content (AvgIpc) is 3.17. The molecule has 6 heteroatoms. The Bertz CT molecular complexity index is 566. The summed E-state index contributed by atoms with van der Waals surface area (Å²) in [5.74, 6) is 2.38. The SMILES string of the molecule is CN=C(NCCNC(=O)CC1CCCC1)NCCc1ccc(OC)cc1. The number of carbonyl (C=O) groups excluding carboxylic acids is 1. The molecule has 144 valence electrons. The number of hydrogen-bond donors (Lipinski definition) is 3. The molecular formula is C20H32N4O2. The molecule has 1 fully saturated rings. The molecule has 0 heterocycles. The quantitative estimate of drug-likeness (QED) is 0.358. The number of hydrogen-bond acceptors (Lipinski definition) is 3. The minimum atomic E-state index is 0.168. The van der Waals surface area contributed by atoms with Crippen molar-refractivity contribution in [2.45, 2.75) is 38.5 Å². The van der Waals surface area contributed by atoms with E-state index in [-0.39, 0.29) is 5.91 Å². The molecule has 6 nitrogen and oxygen atoms in total. The van der Waals surface area contributed by atoms with Gasteiger partial charge in [0.1, 0.15) is 5.75 Å². The number of amides is 1. The van der Waals surface area contributed by atoms with Crippen LogP contribution in [0.5, 0.6) is 5.75 Å². The number of carbonyl (C=O) groups is 1. The van der Waals surface area contributed by atoms with Crippen LogP contribution in [0.1, 0.15) is 37.7 Å². The van der Waals surface area contributed by atoms with Gasteiger partial charge in [-0.25, -0.2) is 0 Å². The molecule has 26 heavy (non-hydrogen) atoms. The molecule has 0 aliphatic heterocycles. The van der Waals surface area contributed by atoms with Gasteiger partial charge in [-0.3, -0.25) is 9.79 Å². The van der Waals surface area contributed by atoms with Crippen LogP contribution < -0.4 is 20.7 Å². The second kappa shape index (κ2) is 11.4. The third kappa shape index (κ3) is 7.33. The summed E-state index contributed by atoms with van der Waals surface area (Å²) in [6.45, 7) is 2.07. The van der Waals surface area contributed by atoms with E-state index in [4.69, 9.17) is 4.74 Å². The van der Waals surface area contributed by atoms with Crippen LogP contribution in [0.15, 0.2) is 29.3 Å². The second-order valence-electron chi connectivity index (χ2n) is 6.73. The van der Waals surface area contributed by atoms with Crippen LogP contribution >= 0.6 is 0 Å². The van der Waals surface area contributed by atoms with Gasteiger partial charge >= 0.3 is 0 Å². The van der Waals surface area contributed by atoms with E-state index in [1.54, 1.807) is 14.2 Å². The standard InChI is InChI=1S/C20H32N4O2/c1-21-20(23-12-11-16-7-9-18(26-2)10-8-16)24-14-13-22-19(25)15-17-5-3-4-6-17/h7-10,17H,3-6,11-15H2,1-2H3,(H,22,25)(H2,21,23,24). The maximum absolute atomic E-state index is 11.9. The zero-order valence-electron chi connectivity index (χ0n) is 16.0. The summed E-state index contributed by atoms with van der Waals surface area (Å²) >= 11 is 0. The van der Waals surface area contributed by atoms with Gasteiger partial charge in [0.2, 0.25) is 5.91 Å². The predicted octanol–water partition coefficient (Wildman–Crippen LogP) is 2.10. The van der Waals surface area contributed by atoms with Gasteiger partial charge in [0.25, 0.3) is 0 Å². The monoisotopic (exact) mass is 360 g/mol. The molecule has 3 N–H and O–H groups in total. The van der Waals surface area contributed by atoms with Crippen LogP contribution in [-0.4, -0.2) is 45.7 Å². The molecule has 0 saturated heterocycles. The zero-order valence-corrected chi connectivity index (χ0v) is 16.0.